The summed E-state index contributed by atoms with van der Waals surface area (Å²) in [7, 11) is 1.86. The molecule has 4 rings (SSSR count). The summed E-state index contributed by atoms with van der Waals surface area (Å²) in [4.78, 5) is 26.4. The number of esters is 2. The molecule has 168 valence electrons. The van der Waals surface area contributed by atoms with Gasteiger partial charge in [0.25, 0.3) is 0 Å². The molecule has 0 aliphatic carbocycles. The Kier molecular flexibility index (Phi) is 6.14. The summed E-state index contributed by atoms with van der Waals surface area (Å²) in [6.45, 7) is 5.77. The second-order valence-electron chi connectivity index (χ2n) is 9.09. The van der Waals surface area contributed by atoms with Gasteiger partial charge >= 0.3 is 11.9 Å². The zero-order valence-corrected chi connectivity index (χ0v) is 18.9. The molecule has 2 aromatic rings. The number of benzene rings is 2. The van der Waals surface area contributed by atoms with Crippen molar-refractivity contribution in [2.45, 2.75) is 57.3 Å². The predicted octanol–water partition coefficient (Wildman–Crippen LogP) is 2.63. The van der Waals surface area contributed by atoms with Gasteiger partial charge in [-0.2, -0.15) is 0 Å². The number of fused-ring (bicyclic) bond motifs is 2. The molecule has 2 unspecified atom stereocenters. The molecule has 6 nitrogen and oxygen atoms in total. The minimum atomic E-state index is -1.18. The van der Waals surface area contributed by atoms with Crippen molar-refractivity contribution in [2.24, 2.45) is 11.8 Å². The highest BCUT2D eigenvalue weighted by Gasteiger charge is 2.74. The quantitative estimate of drug-likeness (QED) is 0.491. The molecular formula is C25H29BO6. The van der Waals surface area contributed by atoms with Gasteiger partial charge in [-0.1, -0.05) is 60.7 Å². The van der Waals surface area contributed by atoms with Gasteiger partial charge in [0.05, 0.1) is 23.6 Å². The molecule has 0 spiro atoms. The Morgan fingerprint density at radius 1 is 0.938 bits per heavy atom. The van der Waals surface area contributed by atoms with Crippen molar-refractivity contribution in [3.8, 4) is 0 Å². The van der Waals surface area contributed by atoms with Crippen LogP contribution in [0.3, 0.4) is 0 Å². The number of carbonyl (C=O) groups is 2. The molecule has 2 saturated heterocycles. The van der Waals surface area contributed by atoms with Crippen LogP contribution in [0.25, 0.3) is 0 Å². The highest BCUT2D eigenvalue weighted by molar-refractivity contribution is 6.12. The number of carbonyl (C=O) groups excluding carboxylic acids is 2. The van der Waals surface area contributed by atoms with Gasteiger partial charge in [0, 0.05) is 0 Å². The summed E-state index contributed by atoms with van der Waals surface area (Å²) in [5, 5.41) is 0. The van der Waals surface area contributed by atoms with E-state index in [1.54, 1.807) is 6.92 Å². The fraction of sp³-hybridized carbons (Fsp3) is 0.440. The summed E-state index contributed by atoms with van der Waals surface area (Å²) in [6.07, 6.45) is -0.488. The van der Waals surface area contributed by atoms with Crippen LogP contribution >= 0.6 is 0 Å². The van der Waals surface area contributed by atoms with Crippen LogP contribution in [0.2, 0.25) is 0 Å². The number of ether oxygens (including phenoxy) is 4. The van der Waals surface area contributed by atoms with Gasteiger partial charge in [0.15, 0.2) is 0 Å². The summed E-state index contributed by atoms with van der Waals surface area (Å²) in [5.41, 5.74) is -0.265. The first-order chi connectivity index (χ1) is 15.3. The van der Waals surface area contributed by atoms with Crippen molar-refractivity contribution in [1.29, 1.82) is 0 Å². The normalized spacial score (nSPS) is 28.8. The monoisotopic (exact) mass is 436 g/mol. The Morgan fingerprint density at radius 3 is 2.03 bits per heavy atom. The Morgan fingerprint density at radius 2 is 1.47 bits per heavy atom. The lowest BCUT2D eigenvalue weighted by Gasteiger charge is -2.46. The molecule has 2 heterocycles. The molecule has 2 aliphatic heterocycles. The molecule has 32 heavy (non-hydrogen) atoms. The Labute approximate surface area is 189 Å². The maximum absolute atomic E-state index is 13.3. The van der Waals surface area contributed by atoms with Crippen LogP contribution in [0.5, 0.6) is 0 Å². The molecule has 5 atom stereocenters. The SMILES string of the molecule is B[C@@H]1O[C@]2([C@H](C)C(=O)OCc3ccccc3)C(C(=O)OCc3ccccc3)C1OC2(C)C. The first-order valence-corrected chi connectivity index (χ1v) is 11.0. The molecule has 2 bridgehead atoms. The highest BCUT2D eigenvalue weighted by Crippen LogP contribution is 2.57. The van der Waals surface area contributed by atoms with Crippen molar-refractivity contribution in [2.75, 3.05) is 0 Å². The first-order valence-electron chi connectivity index (χ1n) is 11.0. The molecule has 2 aromatic carbocycles. The summed E-state index contributed by atoms with van der Waals surface area (Å²) < 4.78 is 23.9. The van der Waals surface area contributed by atoms with Crippen LogP contribution < -0.4 is 0 Å². The van der Waals surface area contributed by atoms with E-state index in [2.05, 4.69) is 0 Å². The maximum Gasteiger partial charge on any atom is 0.315 e. The predicted molar refractivity (Wildman–Crippen MR) is 120 cm³/mol. The molecule has 0 saturated carbocycles. The largest absolute Gasteiger partial charge is 0.461 e. The van der Waals surface area contributed by atoms with E-state index in [0.29, 0.717) is 0 Å². The van der Waals surface area contributed by atoms with E-state index in [4.69, 9.17) is 18.9 Å². The minimum absolute atomic E-state index is 0.153. The van der Waals surface area contributed by atoms with Crippen molar-refractivity contribution in [3.05, 3.63) is 71.8 Å². The number of rotatable bonds is 7. The summed E-state index contributed by atoms with van der Waals surface area (Å²) >= 11 is 0. The van der Waals surface area contributed by atoms with Crippen molar-refractivity contribution in [1.82, 2.24) is 0 Å². The molecule has 0 amide bonds. The van der Waals surface area contributed by atoms with E-state index >= 15 is 0 Å². The molecule has 0 aromatic heterocycles. The van der Waals surface area contributed by atoms with Crippen LogP contribution in [-0.4, -0.2) is 43.1 Å². The molecular weight excluding hydrogens is 407 g/mol. The average molecular weight is 436 g/mol. The van der Waals surface area contributed by atoms with E-state index in [-0.39, 0.29) is 19.2 Å². The highest BCUT2D eigenvalue weighted by atomic mass is 16.6. The Hall–Kier alpha value is -2.64. The first kappa shape index (κ1) is 22.6. The van der Waals surface area contributed by atoms with Gasteiger partial charge in [-0.25, -0.2) is 0 Å². The van der Waals surface area contributed by atoms with Crippen LogP contribution in [-0.2, 0) is 41.8 Å². The lowest BCUT2D eigenvalue weighted by molar-refractivity contribution is -0.229. The lowest BCUT2D eigenvalue weighted by atomic mass is 9.69. The zero-order valence-electron chi connectivity index (χ0n) is 18.9. The van der Waals surface area contributed by atoms with Gasteiger partial charge in [0.1, 0.15) is 32.6 Å². The molecule has 0 N–H and O–H groups in total. The summed E-state index contributed by atoms with van der Waals surface area (Å²) in [5.74, 6) is -2.31. The fourth-order valence-electron chi connectivity index (χ4n) is 5.12. The third-order valence-corrected chi connectivity index (χ3v) is 6.70. The van der Waals surface area contributed by atoms with E-state index in [9.17, 15) is 9.59 Å². The molecule has 0 radical (unpaired) electrons. The van der Waals surface area contributed by atoms with Crippen LogP contribution in [0, 0.1) is 11.8 Å². The number of hydrogen-bond acceptors (Lipinski definition) is 6. The lowest BCUT2D eigenvalue weighted by Crippen LogP contribution is -2.60. The standard InChI is InChI=1S/C25H29BO6/c1-16(22(27)29-14-17-10-6-4-7-11-17)25-19(20(21(26)32-25)31-24(25,2)3)23(28)30-15-18-12-8-5-9-13-18/h4-13,16,19-21H,14-15,26H2,1-3H3/t16-,19?,20?,21-,25-/m1/s1. The van der Waals surface area contributed by atoms with Crippen molar-refractivity contribution in [3.63, 3.8) is 0 Å². The van der Waals surface area contributed by atoms with E-state index < -0.39 is 41.1 Å². The van der Waals surface area contributed by atoms with E-state index in [1.807, 2.05) is 82.4 Å². The molecule has 2 aliphatic rings. The minimum Gasteiger partial charge on any atom is -0.461 e. The van der Waals surface area contributed by atoms with E-state index in [1.165, 1.54) is 0 Å². The van der Waals surface area contributed by atoms with E-state index in [0.717, 1.165) is 11.1 Å². The topological polar surface area (TPSA) is 71.1 Å². The Balaban J connectivity index is 1.54. The van der Waals surface area contributed by atoms with Crippen molar-refractivity contribution < 1.29 is 28.5 Å². The van der Waals surface area contributed by atoms with Gasteiger partial charge in [-0.3, -0.25) is 9.59 Å². The second kappa shape index (κ2) is 8.72. The van der Waals surface area contributed by atoms with Crippen molar-refractivity contribution >= 4 is 19.8 Å². The van der Waals surface area contributed by atoms with Crippen LogP contribution in [0.1, 0.15) is 31.9 Å². The van der Waals surface area contributed by atoms with Gasteiger partial charge < -0.3 is 18.9 Å². The Bertz CT molecular complexity index is 963. The van der Waals surface area contributed by atoms with Crippen LogP contribution in [0.15, 0.2) is 60.7 Å². The molecule has 7 heteroatoms. The average Bonchev–Trinajstić information content (AvgIpc) is 3.22. The fourth-order valence-corrected chi connectivity index (χ4v) is 5.12. The third-order valence-electron chi connectivity index (χ3n) is 6.70. The maximum atomic E-state index is 13.3. The zero-order chi connectivity index (χ0) is 22.9. The van der Waals surface area contributed by atoms with Crippen LogP contribution in [0.4, 0.5) is 0 Å². The smallest absolute Gasteiger partial charge is 0.315 e. The molecule has 2 fully saturated rings. The summed E-state index contributed by atoms with van der Waals surface area (Å²) in [6, 6.07) is 18.6. The van der Waals surface area contributed by atoms with Gasteiger partial charge in [-0.15, -0.1) is 0 Å². The van der Waals surface area contributed by atoms with Gasteiger partial charge in [0.2, 0.25) is 0 Å². The second-order valence-corrected chi connectivity index (χ2v) is 9.09. The van der Waals surface area contributed by atoms with Gasteiger partial charge in [-0.05, 0) is 31.9 Å². The number of hydrogen-bond donors (Lipinski definition) is 0. The third kappa shape index (κ3) is 3.84.